The maximum absolute atomic E-state index is 12.9. The number of amides is 1. The zero-order valence-electron chi connectivity index (χ0n) is 16.3. The van der Waals surface area contributed by atoms with Gasteiger partial charge in [0.05, 0.1) is 16.1 Å². The van der Waals surface area contributed by atoms with E-state index in [4.69, 9.17) is 11.6 Å². The minimum atomic E-state index is -4.53. The summed E-state index contributed by atoms with van der Waals surface area (Å²) < 4.78 is 38.8. The van der Waals surface area contributed by atoms with E-state index in [2.05, 4.69) is 30.8 Å². The van der Waals surface area contributed by atoms with Gasteiger partial charge in [0.25, 0.3) is 5.91 Å². The lowest BCUT2D eigenvalue weighted by atomic mass is 9.86. The number of hydrogen-bond acceptors (Lipinski definition) is 5. The van der Waals surface area contributed by atoms with E-state index in [1.165, 1.54) is 0 Å². The van der Waals surface area contributed by atoms with Gasteiger partial charge in [-0.25, -0.2) is 9.97 Å². The molecule has 1 aliphatic carbocycles. The first kappa shape index (κ1) is 21.4. The molecule has 2 aromatic heterocycles. The largest absolute Gasteiger partial charge is 0.416 e. The van der Waals surface area contributed by atoms with Gasteiger partial charge in [0.1, 0.15) is 0 Å². The Labute approximate surface area is 180 Å². The summed E-state index contributed by atoms with van der Waals surface area (Å²) in [4.78, 5) is 20.9. The Balaban J connectivity index is 1.30. The van der Waals surface area contributed by atoms with Crippen molar-refractivity contribution in [1.29, 1.82) is 0 Å². The van der Waals surface area contributed by atoms with Crippen molar-refractivity contribution in [2.24, 2.45) is 5.92 Å². The number of aromatic nitrogens is 4. The summed E-state index contributed by atoms with van der Waals surface area (Å²) in [5, 5.41) is 13.1. The highest BCUT2D eigenvalue weighted by molar-refractivity contribution is 6.33. The molecule has 0 aliphatic heterocycles. The van der Waals surface area contributed by atoms with Crippen LogP contribution in [0.1, 0.15) is 41.6 Å². The summed E-state index contributed by atoms with van der Waals surface area (Å²) in [6, 6.07) is 2.66. The summed E-state index contributed by atoms with van der Waals surface area (Å²) in [6.45, 7) is 0.705. The third kappa shape index (κ3) is 4.90. The molecule has 1 aromatic carbocycles. The minimum Gasteiger partial charge on any atom is -0.366 e. The van der Waals surface area contributed by atoms with Crippen LogP contribution >= 0.6 is 11.6 Å². The zero-order valence-corrected chi connectivity index (χ0v) is 17.1. The topological polar surface area (TPSA) is 95.6 Å². The standard InChI is InChI=1S/C20H20ClF3N6O/c21-15-6-3-12(20(22,23)24)9-14(15)19(31)28-13-4-1-11(2-5-13)10-27-18-16-17(29-30-18)26-8-7-25-16/h3,6-9,11,13H,1-2,4-5,10H2,(H,28,31)(H2,26,27,29,30)/t11-,13-. The van der Waals surface area contributed by atoms with Crippen LogP contribution in [-0.4, -0.2) is 38.7 Å². The summed E-state index contributed by atoms with van der Waals surface area (Å²) in [6.07, 6.45) is 1.85. The Bertz CT molecular complexity index is 1080. The molecule has 2 heterocycles. The van der Waals surface area contributed by atoms with Gasteiger partial charge in [-0.05, 0) is 49.8 Å². The normalized spacial score (nSPS) is 19.4. The van der Waals surface area contributed by atoms with Crippen molar-refractivity contribution in [2.45, 2.75) is 37.9 Å². The molecular formula is C20H20ClF3N6O. The fourth-order valence-electron chi connectivity index (χ4n) is 3.77. The molecule has 3 N–H and O–H groups in total. The van der Waals surface area contributed by atoms with Crippen molar-refractivity contribution in [3.05, 3.63) is 46.7 Å². The van der Waals surface area contributed by atoms with Crippen LogP contribution in [0.2, 0.25) is 5.02 Å². The molecule has 0 bridgehead atoms. The third-order valence-corrected chi connectivity index (χ3v) is 5.80. The van der Waals surface area contributed by atoms with Crippen molar-refractivity contribution < 1.29 is 18.0 Å². The predicted octanol–water partition coefficient (Wildman–Crippen LogP) is 4.43. The molecule has 4 rings (SSSR count). The van der Waals surface area contributed by atoms with E-state index in [1.807, 2.05) is 0 Å². The lowest BCUT2D eigenvalue weighted by molar-refractivity contribution is -0.137. The summed E-state index contributed by atoms with van der Waals surface area (Å²) in [5.74, 6) is 0.450. The van der Waals surface area contributed by atoms with E-state index in [0.29, 0.717) is 29.4 Å². The first-order valence-corrected chi connectivity index (χ1v) is 10.3. The first-order chi connectivity index (χ1) is 14.8. The average molecular weight is 453 g/mol. The Morgan fingerprint density at radius 3 is 2.65 bits per heavy atom. The Morgan fingerprint density at radius 1 is 1.16 bits per heavy atom. The molecule has 1 aliphatic rings. The fraction of sp³-hybridized carbons (Fsp3) is 0.400. The smallest absolute Gasteiger partial charge is 0.366 e. The fourth-order valence-corrected chi connectivity index (χ4v) is 3.97. The van der Waals surface area contributed by atoms with Gasteiger partial charge in [0.2, 0.25) is 0 Å². The highest BCUT2D eigenvalue weighted by Crippen LogP contribution is 2.32. The van der Waals surface area contributed by atoms with Crippen LogP contribution in [-0.2, 0) is 6.18 Å². The second kappa shape index (κ2) is 8.70. The summed E-state index contributed by atoms with van der Waals surface area (Å²) in [5.41, 5.74) is 0.241. The van der Waals surface area contributed by atoms with Crippen molar-refractivity contribution in [2.75, 3.05) is 11.9 Å². The maximum Gasteiger partial charge on any atom is 0.416 e. The van der Waals surface area contributed by atoms with E-state index in [0.717, 1.165) is 43.9 Å². The number of halogens is 4. The van der Waals surface area contributed by atoms with Gasteiger partial charge in [0, 0.05) is 25.0 Å². The lowest BCUT2D eigenvalue weighted by Gasteiger charge is -2.29. The van der Waals surface area contributed by atoms with Crippen LogP contribution in [0.4, 0.5) is 19.0 Å². The van der Waals surface area contributed by atoms with Gasteiger partial charge in [-0.3, -0.25) is 9.89 Å². The molecule has 164 valence electrons. The van der Waals surface area contributed by atoms with E-state index in [9.17, 15) is 18.0 Å². The molecule has 11 heteroatoms. The van der Waals surface area contributed by atoms with E-state index >= 15 is 0 Å². The predicted molar refractivity (Wildman–Crippen MR) is 110 cm³/mol. The number of fused-ring (bicyclic) bond motifs is 1. The van der Waals surface area contributed by atoms with Gasteiger partial charge in [0.15, 0.2) is 17.0 Å². The second-order valence-electron chi connectivity index (χ2n) is 7.59. The number of aromatic amines is 1. The molecule has 1 saturated carbocycles. The highest BCUT2D eigenvalue weighted by Gasteiger charge is 2.32. The van der Waals surface area contributed by atoms with Crippen LogP contribution in [0.15, 0.2) is 30.6 Å². The van der Waals surface area contributed by atoms with Crippen LogP contribution in [0.3, 0.4) is 0 Å². The molecule has 0 saturated heterocycles. The minimum absolute atomic E-state index is 0.00212. The molecule has 1 amide bonds. The number of nitrogens with one attached hydrogen (secondary N) is 3. The number of hydrogen-bond donors (Lipinski definition) is 3. The molecule has 3 aromatic rings. The van der Waals surface area contributed by atoms with Crippen LogP contribution < -0.4 is 10.6 Å². The first-order valence-electron chi connectivity index (χ1n) is 9.88. The SMILES string of the molecule is O=C(N[C@H]1CC[C@H](CNc2n[nH]c3nccnc23)CC1)c1cc(C(F)(F)F)ccc1Cl. The summed E-state index contributed by atoms with van der Waals surface area (Å²) >= 11 is 5.96. The van der Waals surface area contributed by atoms with Gasteiger partial charge in [-0.2, -0.15) is 18.3 Å². The molecule has 0 radical (unpaired) electrons. The second-order valence-corrected chi connectivity index (χ2v) is 8.00. The van der Waals surface area contributed by atoms with Gasteiger partial charge < -0.3 is 10.6 Å². The van der Waals surface area contributed by atoms with Gasteiger partial charge in [-0.15, -0.1) is 0 Å². The van der Waals surface area contributed by atoms with Crippen molar-refractivity contribution in [3.8, 4) is 0 Å². The summed E-state index contributed by atoms with van der Waals surface area (Å²) in [7, 11) is 0. The van der Waals surface area contributed by atoms with Gasteiger partial charge >= 0.3 is 6.18 Å². The average Bonchev–Trinajstić information content (AvgIpc) is 3.16. The molecule has 0 unspecified atom stereocenters. The van der Waals surface area contributed by atoms with Crippen molar-refractivity contribution in [1.82, 2.24) is 25.5 Å². The molecule has 0 spiro atoms. The van der Waals surface area contributed by atoms with Crippen molar-refractivity contribution >= 4 is 34.5 Å². The molecule has 0 atom stereocenters. The van der Waals surface area contributed by atoms with Gasteiger partial charge in [-0.1, -0.05) is 11.6 Å². The molecule has 7 nitrogen and oxygen atoms in total. The number of nitrogens with zero attached hydrogens (tertiary/aromatic N) is 3. The quantitative estimate of drug-likeness (QED) is 0.532. The van der Waals surface area contributed by atoms with E-state index in [-0.39, 0.29) is 16.6 Å². The Hall–Kier alpha value is -2.88. The number of rotatable bonds is 5. The highest BCUT2D eigenvalue weighted by atomic mass is 35.5. The number of anilines is 1. The molecule has 31 heavy (non-hydrogen) atoms. The van der Waals surface area contributed by atoms with E-state index < -0.39 is 17.6 Å². The van der Waals surface area contributed by atoms with E-state index in [1.54, 1.807) is 12.4 Å². The maximum atomic E-state index is 12.9. The lowest BCUT2D eigenvalue weighted by Crippen LogP contribution is -2.38. The molecular weight excluding hydrogens is 433 g/mol. The van der Waals surface area contributed by atoms with Crippen molar-refractivity contribution in [3.63, 3.8) is 0 Å². The Kier molecular flexibility index (Phi) is 5.99. The number of benzene rings is 1. The Morgan fingerprint density at radius 2 is 1.90 bits per heavy atom. The third-order valence-electron chi connectivity index (χ3n) is 5.47. The number of H-pyrrole nitrogens is 1. The monoisotopic (exact) mass is 452 g/mol. The molecule has 1 fully saturated rings. The number of carbonyl (C=O) groups is 1. The zero-order chi connectivity index (χ0) is 22.0. The van der Waals surface area contributed by atoms with Crippen LogP contribution in [0, 0.1) is 5.92 Å². The van der Waals surface area contributed by atoms with Crippen LogP contribution in [0.25, 0.3) is 11.2 Å². The number of alkyl halides is 3. The number of carbonyl (C=O) groups excluding carboxylic acids is 1. The van der Waals surface area contributed by atoms with Crippen LogP contribution in [0.5, 0.6) is 0 Å².